The first-order chi connectivity index (χ1) is 10.8. The molecule has 0 aromatic carbocycles. The van der Waals surface area contributed by atoms with Crippen molar-refractivity contribution in [2.75, 3.05) is 31.2 Å². The molecule has 130 valence electrons. The monoisotopic (exact) mass is 335 g/mol. The van der Waals surface area contributed by atoms with Gasteiger partial charge in [0.15, 0.2) is 6.10 Å². The zero-order valence-electron chi connectivity index (χ0n) is 13.1. The Morgan fingerprint density at radius 2 is 1.91 bits per heavy atom. The first-order valence-corrected chi connectivity index (χ1v) is 7.61. The van der Waals surface area contributed by atoms with Crippen LogP contribution in [0.3, 0.4) is 0 Å². The number of hydrogen-bond donors (Lipinski definition) is 0. The molecule has 23 heavy (non-hydrogen) atoms. The summed E-state index contributed by atoms with van der Waals surface area (Å²) < 4.78 is 51.5. The molecule has 0 spiro atoms. The summed E-state index contributed by atoms with van der Waals surface area (Å²) >= 11 is 0. The van der Waals surface area contributed by atoms with Gasteiger partial charge in [-0.2, -0.15) is 13.2 Å². The van der Waals surface area contributed by atoms with Crippen molar-refractivity contribution in [2.24, 2.45) is 0 Å². The third-order valence-corrected chi connectivity index (χ3v) is 4.08. The van der Waals surface area contributed by atoms with E-state index in [1.54, 1.807) is 23.4 Å². The first-order valence-electron chi connectivity index (χ1n) is 7.61. The van der Waals surface area contributed by atoms with Gasteiger partial charge in [-0.3, -0.25) is 0 Å². The van der Waals surface area contributed by atoms with Crippen LogP contribution in [0.1, 0.15) is 32.7 Å². The maximum absolute atomic E-state index is 13.1. The third kappa shape index (κ3) is 3.57. The molecule has 0 bridgehead atoms. The molecule has 0 amide bonds. The van der Waals surface area contributed by atoms with Crippen LogP contribution in [0.2, 0.25) is 0 Å². The molecule has 0 saturated carbocycles. The molecule has 2 aliphatic heterocycles. The van der Waals surface area contributed by atoms with Crippen LogP contribution in [-0.2, 0) is 9.47 Å². The van der Waals surface area contributed by atoms with Crippen molar-refractivity contribution >= 4 is 5.95 Å². The normalized spacial score (nSPS) is 26.5. The zero-order chi connectivity index (χ0) is 16.7. The number of morpholine rings is 1. The van der Waals surface area contributed by atoms with E-state index in [9.17, 15) is 13.2 Å². The first kappa shape index (κ1) is 16.4. The Hall–Kier alpha value is -1.42. The second-order valence-electron chi connectivity index (χ2n) is 6.56. The van der Waals surface area contributed by atoms with Gasteiger partial charge in [0.2, 0.25) is 5.95 Å². The highest BCUT2D eigenvalue weighted by Crippen LogP contribution is 2.34. The van der Waals surface area contributed by atoms with Crippen LogP contribution in [0.15, 0.2) is 0 Å². The SMILES string of the molecule is CC1(C)CN(c2nnnn2C2CCOCC2)CC(C(F)(F)F)O1. The summed E-state index contributed by atoms with van der Waals surface area (Å²) in [6.07, 6.45) is -4.79. The molecule has 1 aromatic rings. The van der Waals surface area contributed by atoms with E-state index in [0.29, 0.717) is 25.7 Å². The molecule has 0 radical (unpaired) electrons. The van der Waals surface area contributed by atoms with Crippen LogP contribution in [0, 0.1) is 0 Å². The molecule has 3 heterocycles. The number of aromatic nitrogens is 4. The molecule has 0 aliphatic carbocycles. The average molecular weight is 335 g/mol. The lowest BCUT2D eigenvalue weighted by Crippen LogP contribution is -2.58. The number of anilines is 1. The number of rotatable bonds is 2. The molecule has 10 heteroatoms. The van der Waals surface area contributed by atoms with E-state index < -0.39 is 17.9 Å². The van der Waals surface area contributed by atoms with Crippen LogP contribution in [0.4, 0.5) is 19.1 Å². The molecule has 1 aromatic heterocycles. The number of alkyl halides is 3. The molecule has 2 fully saturated rings. The van der Waals surface area contributed by atoms with Gasteiger partial charge in [0, 0.05) is 19.8 Å². The van der Waals surface area contributed by atoms with E-state index in [-0.39, 0.29) is 12.6 Å². The predicted molar refractivity (Wildman–Crippen MR) is 74.1 cm³/mol. The van der Waals surface area contributed by atoms with E-state index in [4.69, 9.17) is 9.47 Å². The van der Waals surface area contributed by atoms with E-state index >= 15 is 0 Å². The molecule has 7 nitrogen and oxygen atoms in total. The van der Waals surface area contributed by atoms with Gasteiger partial charge in [0.1, 0.15) is 0 Å². The van der Waals surface area contributed by atoms with Crippen molar-refractivity contribution in [3.8, 4) is 0 Å². The summed E-state index contributed by atoms with van der Waals surface area (Å²) in [7, 11) is 0. The Labute approximate surface area is 131 Å². The Balaban J connectivity index is 1.84. The molecule has 1 unspecified atom stereocenters. The second-order valence-corrected chi connectivity index (χ2v) is 6.56. The largest absolute Gasteiger partial charge is 0.416 e. The van der Waals surface area contributed by atoms with E-state index in [2.05, 4.69) is 15.5 Å². The minimum atomic E-state index is -4.42. The average Bonchev–Trinajstić information content (AvgIpc) is 2.95. The third-order valence-electron chi connectivity index (χ3n) is 4.08. The van der Waals surface area contributed by atoms with E-state index in [1.165, 1.54) is 0 Å². The summed E-state index contributed by atoms with van der Waals surface area (Å²) in [6.45, 7) is 4.47. The van der Waals surface area contributed by atoms with Gasteiger partial charge in [-0.15, -0.1) is 0 Å². The molecule has 1 atom stereocenters. The van der Waals surface area contributed by atoms with Crippen molar-refractivity contribution in [2.45, 2.75) is 50.6 Å². The molecule has 2 saturated heterocycles. The van der Waals surface area contributed by atoms with Crippen LogP contribution in [-0.4, -0.2) is 64.4 Å². The van der Waals surface area contributed by atoms with Gasteiger partial charge in [0.05, 0.1) is 18.2 Å². The standard InChI is InChI=1S/C13H20F3N5O2/c1-12(2)8-20(7-10(23-12)13(14,15)16)11-17-18-19-21(11)9-3-5-22-6-4-9/h9-10H,3-8H2,1-2H3. The second kappa shape index (κ2) is 5.90. The van der Waals surface area contributed by atoms with Gasteiger partial charge in [-0.1, -0.05) is 5.10 Å². The predicted octanol–water partition coefficient (Wildman–Crippen LogP) is 1.57. The number of halogens is 3. The van der Waals surface area contributed by atoms with E-state index in [0.717, 1.165) is 12.8 Å². The van der Waals surface area contributed by atoms with Gasteiger partial charge >= 0.3 is 6.18 Å². The molecule has 0 N–H and O–H groups in total. The Bertz CT molecular complexity index is 542. The maximum atomic E-state index is 13.1. The van der Waals surface area contributed by atoms with Crippen LogP contribution in [0.5, 0.6) is 0 Å². The van der Waals surface area contributed by atoms with E-state index in [1.807, 2.05) is 0 Å². The lowest BCUT2D eigenvalue weighted by Gasteiger charge is -2.43. The Morgan fingerprint density at radius 1 is 1.22 bits per heavy atom. The number of tetrazole rings is 1. The summed E-state index contributed by atoms with van der Waals surface area (Å²) in [5.41, 5.74) is -0.940. The van der Waals surface area contributed by atoms with Gasteiger partial charge in [-0.25, -0.2) is 4.68 Å². The Kier molecular flexibility index (Phi) is 4.21. The van der Waals surface area contributed by atoms with Crippen molar-refractivity contribution < 1.29 is 22.6 Å². The maximum Gasteiger partial charge on any atom is 0.416 e. The minimum absolute atomic E-state index is 0.0454. The zero-order valence-corrected chi connectivity index (χ0v) is 13.1. The fourth-order valence-electron chi connectivity index (χ4n) is 3.07. The van der Waals surface area contributed by atoms with Crippen molar-refractivity contribution in [3.63, 3.8) is 0 Å². The molecular formula is C13H20F3N5O2. The van der Waals surface area contributed by atoms with Gasteiger partial charge in [-0.05, 0) is 37.1 Å². The summed E-state index contributed by atoms with van der Waals surface area (Å²) in [4.78, 5) is 1.57. The number of ether oxygens (including phenoxy) is 2. The number of nitrogens with zero attached hydrogens (tertiary/aromatic N) is 5. The summed E-state index contributed by atoms with van der Waals surface area (Å²) in [5.74, 6) is 0.363. The fraction of sp³-hybridized carbons (Fsp3) is 0.923. The number of hydrogen-bond acceptors (Lipinski definition) is 6. The topological polar surface area (TPSA) is 65.3 Å². The van der Waals surface area contributed by atoms with Crippen molar-refractivity contribution in [1.82, 2.24) is 20.2 Å². The van der Waals surface area contributed by atoms with Gasteiger partial charge < -0.3 is 14.4 Å². The fourth-order valence-corrected chi connectivity index (χ4v) is 3.07. The minimum Gasteiger partial charge on any atom is -0.381 e. The van der Waals surface area contributed by atoms with Crippen LogP contribution in [0.25, 0.3) is 0 Å². The summed E-state index contributed by atoms with van der Waals surface area (Å²) in [6, 6.07) is 0.0454. The highest BCUT2D eigenvalue weighted by Gasteiger charge is 2.49. The van der Waals surface area contributed by atoms with Crippen molar-refractivity contribution in [1.29, 1.82) is 0 Å². The smallest absolute Gasteiger partial charge is 0.381 e. The quantitative estimate of drug-likeness (QED) is 0.817. The lowest BCUT2D eigenvalue weighted by atomic mass is 10.1. The molecule has 2 aliphatic rings. The highest BCUT2D eigenvalue weighted by molar-refractivity contribution is 5.31. The van der Waals surface area contributed by atoms with Gasteiger partial charge in [0.25, 0.3) is 0 Å². The van der Waals surface area contributed by atoms with Crippen LogP contribution >= 0.6 is 0 Å². The lowest BCUT2D eigenvalue weighted by molar-refractivity contribution is -0.251. The highest BCUT2D eigenvalue weighted by atomic mass is 19.4. The van der Waals surface area contributed by atoms with Crippen LogP contribution < -0.4 is 4.90 Å². The molecular weight excluding hydrogens is 315 g/mol. The molecule has 3 rings (SSSR count). The van der Waals surface area contributed by atoms with Crippen molar-refractivity contribution in [3.05, 3.63) is 0 Å². The Morgan fingerprint density at radius 3 is 2.57 bits per heavy atom. The summed E-state index contributed by atoms with van der Waals surface area (Å²) in [5, 5.41) is 11.6.